The zero-order chi connectivity index (χ0) is 26.7. The third kappa shape index (κ3) is 6.08. The Kier molecular flexibility index (Phi) is 8.41. The van der Waals surface area contributed by atoms with Gasteiger partial charge in [-0.1, -0.05) is 72.3 Å². The van der Waals surface area contributed by atoms with Crippen LogP contribution in [0.25, 0.3) is 0 Å². The highest BCUT2D eigenvalue weighted by Gasteiger charge is 2.41. The summed E-state index contributed by atoms with van der Waals surface area (Å²) in [5, 5.41) is 10.1. The number of carbonyl (C=O) groups is 1. The molecule has 1 aliphatic rings. The number of hydrogen-bond acceptors (Lipinski definition) is 3. The summed E-state index contributed by atoms with van der Waals surface area (Å²) in [4.78, 5) is 11.4. The van der Waals surface area contributed by atoms with Crippen molar-refractivity contribution in [3.8, 4) is 5.75 Å². The molecule has 194 valence electrons. The van der Waals surface area contributed by atoms with Crippen LogP contribution in [-0.2, 0) is 16.0 Å². The van der Waals surface area contributed by atoms with Crippen LogP contribution >= 0.6 is 11.6 Å². The van der Waals surface area contributed by atoms with Crippen molar-refractivity contribution in [3.63, 3.8) is 0 Å². The van der Waals surface area contributed by atoms with E-state index in [1.807, 2.05) is 45.9 Å². The van der Waals surface area contributed by atoms with Gasteiger partial charge >= 0.3 is 5.97 Å². The van der Waals surface area contributed by atoms with Crippen LogP contribution in [-0.4, -0.2) is 23.8 Å². The summed E-state index contributed by atoms with van der Waals surface area (Å²) < 4.78 is 13.0. The smallest absolute Gasteiger partial charge is 0.341 e. The maximum absolute atomic E-state index is 11.4. The molecule has 37 heavy (non-hydrogen) atoms. The number of ether oxygens (including phenoxy) is 2. The molecular weight excluding hydrogens is 484 g/mol. The van der Waals surface area contributed by atoms with Gasteiger partial charge in [-0.2, -0.15) is 0 Å². The predicted octanol–water partition coefficient (Wildman–Crippen LogP) is 7.78. The lowest BCUT2D eigenvalue weighted by molar-refractivity contribution is -0.139. The van der Waals surface area contributed by atoms with Crippen LogP contribution in [0.15, 0.2) is 72.8 Å². The molecule has 0 radical (unpaired) electrons. The summed E-state index contributed by atoms with van der Waals surface area (Å²) in [5.41, 5.74) is 7.37. The van der Waals surface area contributed by atoms with E-state index in [4.69, 9.17) is 21.1 Å². The minimum absolute atomic E-state index is 0.0284. The number of carboxylic acid groups (broad SMARTS) is 1. The molecule has 3 aromatic rings. The fraction of sp³-hybridized carbons (Fsp3) is 0.344. The first-order valence-electron chi connectivity index (χ1n) is 12.7. The summed E-state index contributed by atoms with van der Waals surface area (Å²) in [5.74, 6) is -0.221. The minimum atomic E-state index is -1.00. The Labute approximate surface area is 224 Å². The molecule has 1 fully saturated rings. The average molecular weight is 519 g/mol. The van der Waals surface area contributed by atoms with Crippen LogP contribution in [0.3, 0.4) is 0 Å². The summed E-state index contributed by atoms with van der Waals surface area (Å²) in [6, 6.07) is 20.6. The van der Waals surface area contributed by atoms with Crippen LogP contribution in [0.2, 0.25) is 5.02 Å². The third-order valence-corrected chi connectivity index (χ3v) is 7.77. The van der Waals surface area contributed by atoms with E-state index in [1.54, 1.807) is 0 Å². The molecule has 1 heterocycles. The molecular formula is C32H35ClO4. The number of rotatable bonds is 8. The molecule has 0 saturated carbocycles. The summed E-state index contributed by atoms with van der Waals surface area (Å²) >= 11 is 6.21. The van der Waals surface area contributed by atoms with Gasteiger partial charge in [0.1, 0.15) is 5.75 Å². The lowest BCUT2D eigenvalue weighted by atomic mass is 9.73. The van der Waals surface area contributed by atoms with Crippen molar-refractivity contribution in [1.82, 2.24) is 0 Å². The lowest BCUT2D eigenvalue weighted by Gasteiger charge is -2.44. The second kappa shape index (κ2) is 11.5. The van der Waals surface area contributed by atoms with Gasteiger partial charge in [0.05, 0.1) is 12.2 Å². The highest BCUT2D eigenvalue weighted by Crippen LogP contribution is 2.50. The number of hydrogen-bond donors (Lipinski definition) is 1. The highest BCUT2D eigenvalue weighted by molar-refractivity contribution is 6.30. The molecule has 0 unspecified atom stereocenters. The second-order valence-corrected chi connectivity index (χ2v) is 10.6. The van der Waals surface area contributed by atoms with Gasteiger partial charge in [-0.25, -0.2) is 4.79 Å². The molecule has 0 amide bonds. The fourth-order valence-electron chi connectivity index (χ4n) is 5.50. The van der Waals surface area contributed by atoms with Gasteiger partial charge in [-0.3, -0.25) is 0 Å². The van der Waals surface area contributed by atoms with Crippen LogP contribution < -0.4 is 4.74 Å². The van der Waals surface area contributed by atoms with E-state index in [0.29, 0.717) is 10.8 Å². The second-order valence-electron chi connectivity index (χ2n) is 10.2. The lowest BCUT2D eigenvalue weighted by Crippen LogP contribution is -2.38. The number of halogens is 1. The molecule has 0 aromatic heterocycles. The minimum Gasteiger partial charge on any atom is -0.481 e. The Hall–Kier alpha value is -3.08. The van der Waals surface area contributed by atoms with Gasteiger partial charge in [0, 0.05) is 22.4 Å². The quantitative estimate of drug-likeness (QED) is 0.309. The van der Waals surface area contributed by atoms with Crippen LogP contribution in [0.5, 0.6) is 5.75 Å². The Balaban J connectivity index is 1.81. The van der Waals surface area contributed by atoms with Gasteiger partial charge in [0.15, 0.2) is 6.61 Å². The Morgan fingerprint density at radius 3 is 2.38 bits per heavy atom. The highest BCUT2D eigenvalue weighted by atomic mass is 35.5. The van der Waals surface area contributed by atoms with Gasteiger partial charge in [-0.15, -0.1) is 0 Å². The standard InChI is InChI=1S/C32H35ClO4/c1-19(2)26-17-27(24-11-13-25(33)14-12-24)28(16-23-9-7-6-8-10-23)37-32(26)30-21(4)15-20(3)22(5)31(30)36-18-29(34)35/h6-15,26-28,32H,1,16-18H2,2-5H3,(H,34,35)/t26-,27-,28+,32+/m0/s1. The van der Waals surface area contributed by atoms with Crippen LogP contribution in [0, 0.1) is 26.7 Å². The van der Waals surface area contributed by atoms with Crippen molar-refractivity contribution >= 4 is 17.6 Å². The maximum Gasteiger partial charge on any atom is 0.341 e. The van der Waals surface area contributed by atoms with Crippen molar-refractivity contribution in [1.29, 1.82) is 0 Å². The Morgan fingerprint density at radius 1 is 1.08 bits per heavy atom. The normalized spacial score (nSPS) is 21.4. The fourth-order valence-corrected chi connectivity index (χ4v) is 5.62. The van der Waals surface area contributed by atoms with E-state index in [2.05, 4.69) is 49.0 Å². The van der Waals surface area contributed by atoms with Gasteiger partial charge < -0.3 is 14.6 Å². The maximum atomic E-state index is 11.4. The zero-order valence-electron chi connectivity index (χ0n) is 22.0. The molecule has 0 bridgehead atoms. The zero-order valence-corrected chi connectivity index (χ0v) is 22.7. The van der Waals surface area contributed by atoms with Crippen molar-refractivity contribution in [2.24, 2.45) is 5.92 Å². The first-order valence-corrected chi connectivity index (χ1v) is 13.1. The molecule has 4 nitrogen and oxygen atoms in total. The Bertz CT molecular complexity index is 1270. The average Bonchev–Trinajstić information content (AvgIpc) is 2.86. The van der Waals surface area contributed by atoms with Crippen LogP contribution in [0.4, 0.5) is 0 Å². The van der Waals surface area contributed by atoms with E-state index >= 15 is 0 Å². The molecule has 4 atom stereocenters. The topological polar surface area (TPSA) is 55.8 Å². The van der Waals surface area contributed by atoms with Crippen molar-refractivity contribution < 1.29 is 19.4 Å². The Morgan fingerprint density at radius 2 is 1.76 bits per heavy atom. The molecule has 1 aliphatic heterocycles. The van der Waals surface area contributed by atoms with E-state index < -0.39 is 12.6 Å². The molecule has 1 N–H and O–H groups in total. The monoisotopic (exact) mass is 518 g/mol. The van der Waals surface area contributed by atoms with E-state index in [1.165, 1.54) is 11.1 Å². The molecule has 5 heteroatoms. The van der Waals surface area contributed by atoms with Gasteiger partial charge in [0.2, 0.25) is 0 Å². The summed E-state index contributed by atoms with van der Waals surface area (Å²) in [7, 11) is 0. The molecule has 1 saturated heterocycles. The molecule has 0 aliphatic carbocycles. The first kappa shape index (κ1) is 27.0. The van der Waals surface area contributed by atoms with Crippen LogP contribution in [0.1, 0.15) is 58.7 Å². The van der Waals surface area contributed by atoms with Gasteiger partial charge in [-0.05, 0) is 80.5 Å². The largest absolute Gasteiger partial charge is 0.481 e. The number of aryl methyl sites for hydroxylation is 2. The van der Waals surface area contributed by atoms with E-state index in [9.17, 15) is 9.90 Å². The van der Waals surface area contributed by atoms with E-state index in [-0.39, 0.29) is 24.0 Å². The predicted molar refractivity (Wildman–Crippen MR) is 149 cm³/mol. The molecule has 0 spiro atoms. The first-order chi connectivity index (χ1) is 17.7. The third-order valence-electron chi connectivity index (χ3n) is 7.51. The number of benzene rings is 3. The molecule has 4 rings (SSSR count). The summed E-state index contributed by atoms with van der Waals surface area (Å²) in [6.45, 7) is 12.0. The van der Waals surface area contributed by atoms with Crippen molar-refractivity contribution in [2.45, 2.75) is 58.7 Å². The summed E-state index contributed by atoms with van der Waals surface area (Å²) in [6.07, 6.45) is 1.20. The van der Waals surface area contributed by atoms with Crippen molar-refractivity contribution in [2.75, 3.05) is 6.61 Å². The SMILES string of the molecule is C=C(C)[C@@H]1C[C@@H](c2ccc(Cl)cc2)[C@@H](Cc2ccccc2)O[C@H]1c1c(C)cc(C)c(C)c1OCC(=O)O. The number of aliphatic carboxylic acids is 1. The number of carboxylic acids is 1. The van der Waals surface area contributed by atoms with Gasteiger partial charge in [0.25, 0.3) is 0 Å². The molecule has 3 aromatic carbocycles. The van der Waals surface area contributed by atoms with Crippen molar-refractivity contribution in [3.05, 3.63) is 111 Å². The van der Waals surface area contributed by atoms with E-state index in [0.717, 1.165) is 40.7 Å².